The van der Waals surface area contributed by atoms with Crippen molar-refractivity contribution in [1.82, 2.24) is 14.8 Å². The molecule has 2 heterocycles. The summed E-state index contributed by atoms with van der Waals surface area (Å²) in [7, 11) is 1.51. The number of thiazole rings is 1. The number of benzene rings is 1. The monoisotopic (exact) mass is 342 g/mol. The molecule has 1 N–H and O–H groups in total. The van der Waals surface area contributed by atoms with Crippen LogP contribution in [0, 0.1) is 0 Å². The zero-order valence-electron chi connectivity index (χ0n) is 13.6. The first kappa shape index (κ1) is 16.3. The van der Waals surface area contributed by atoms with Crippen molar-refractivity contribution in [2.24, 2.45) is 7.05 Å². The van der Waals surface area contributed by atoms with E-state index in [1.807, 2.05) is 6.07 Å². The number of hydrogen-bond donors (Lipinski definition) is 1. The van der Waals surface area contributed by atoms with Gasteiger partial charge in [-0.25, -0.2) is 9.67 Å². The Balaban J connectivity index is 1.80. The predicted molar refractivity (Wildman–Crippen MR) is 95.7 cm³/mol. The predicted octanol–water partition coefficient (Wildman–Crippen LogP) is 2.98. The normalized spacial score (nSPS) is 10.9. The van der Waals surface area contributed by atoms with Crippen LogP contribution in [0.4, 0.5) is 5.13 Å². The third kappa shape index (κ3) is 3.51. The topological polar surface area (TPSA) is 76.9 Å². The van der Waals surface area contributed by atoms with E-state index in [1.165, 1.54) is 36.1 Å². The summed E-state index contributed by atoms with van der Waals surface area (Å²) in [5.74, 6) is -0.379. The first-order valence-corrected chi connectivity index (χ1v) is 8.63. The fraction of sp³-hybridized carbons (Fsp3) is 0.294. The summed E-state index contributed by atoms with van der Waals surface area (Å²) in [5.41, 5.74) is 2.07. The summed E-state index contributed by atoms with van der Waals surface area (Å²) in [5, 5.41) is 7.21. The number of unbranched alkanes of at least 4 members (excludes halogenated alkanes) is 1. The second-order valence-electron chi connectivity index (χ2n) is 5.56. The van der Waals surface area contributed by atoms with Gasteiger partial charge in [-0.1, -0.05) is 30.7 Å². The lowest BCUT2D eigenvalue weighted by atomic mass is 10.1. The lowest BCUT2D eigenvalue weighted by Crippen LogP contribution is -2.23. The highest BCUT2D eigenvalue weighted by Crippen LogP contribution is 2.27. The number of fused-ring (bicyclic) bond motifs is 1. The van der Waals surface area contributed by atoms with Crippen molar-refractivity contribution >= 4 is 32.6 Å². The fourth-order valence-electron chi connectivity index (χ4n) is 2.34. The SMILES string of the molecule is CCCCc1ccc2nc(NC(=O)c3ccc(=O)n(C)n3)sc2c1. The molecule has 0 saturated heterocycles. The Morgan fingerprint density at radius 2 is 2.12 bits per heavy atom. The van der Waals surface area contributed by atoms with E-state index in [0.717, 1.165) is 34.2 Å². The Hall–Kier alpha value is -2.54. The Morgan fingerprint density at radius 3 is 2.88 bits per heavy atom. The third-order valence-electron chi connectivity index (χ3n) is 3.69. The van der Waals surface area contributed by atoms with Gasteiger partial charge in [-0.15, -0.1) is 0 Å². The van der Waals surface area contributed by atoms with Crippen molar-refractivity contribution in [2.75, 3.05) is 5.32 Å². The van der Waals surface area contributed by atoms with E-state index in [-0.39, 0.29) is 17.2 Å². The number of amides is 1. The van der Waals surface area contributed by atoms with Crippen LogP contribution in [0.2, 0.25) is 0 Å². The highest BCUT2D eigenvalue weighted by molar-refractivity contribution is 7.22. The van der Waals surface area contributed by atoms with Gasteiger partial charge in [-0.05, 0) is 36.6 Å². The number of carbonyl (C=O) groups excluding carboxylic acids is 1. The van der Waals surface area contributed by atoms with Gasteiger partial charge in [0, 0.05) is 13.1 Å². The minimum atomic E-state index is -0.379. The van der Waals surface area contributed by atoms with E-state index in [4.69, 9.17) is 0 Å². The van der Waals surface area contributed by atoms with Gasteiger partial charge in [0.25, 0.3) is 11.5 Å². The van der Waals surface area contributed by atoms with Crippen molar-refractivity contribution in [2.45, 2.75) is 26.2 Å². The largest absolute Gasteiger partial charge is 0.296 e. The van der Waals surface area contributed by atoms with Gasteiger partial charge < -0.3 is 0 Å². The molecular weight excluding hydrogens is 324 g/mol. The first-order chi connectivity index (χ1) is 11.6. The molecule has 3 rings (SSSR count). The maximum atomic E-state index is 12.2. The van der Waals surface area contributed by atoms with E-state index >= 15 is 0 Å². The molecule has 1 aromatic carbocycles. The van der Waals surface area contributed by atoms with Crippen LogP contribution in [0.3, 0.4) is 0 Å². The number of aromatic nitrogens is 3. The number of carbonyl (C=O) groups is 1. The molecule has 0 aliphatic heterocycles. The van der Waals surface area contributed by atoms with Crippen molar-refractivity contribution in [3.05, 3.63) is 51.9 Å². The molecule has 7 heteroatoms. The molecule has 0 saturated carbocycles. The Bertz CT molecular complexity index is 945. The molecular formula is C17H18N4O2S. The molecule has 6 nitrogen and oxygen atoms in total. The lowest BCUT2D eigenvalue weighted by Gasteiger charge is -2.01. The Morgan fingerprint density at radius 1 is 1.29 bits per heavy atom. The average Bonchev–Trinajstić information content (AvgIpc) is 2.96. The van der Waals surface area contributed by atoms with Crippen molar-refractivity contribution in [3.8, 4) is 0 Å². The molecule has 24 heavy (non-hydrogen) atoms. The zero-order valence-corrected chi connectivity index (χ0v) is 14.4. The smallest absolute Gasteiger partial charge is 0.277 e. The number of nitrogens with zero attached hydrogens (tertiary/aromatic N) is 3. The van der Waals surface area contributed by atoms with Gasteiger partial charge in [-0.3, -0.25) is 14.9 Å². The summed E-state index contributed by atoms with van der Waals surface area (Å²) < 4.78 is 2.18. The van der Waals surface area contributed by atoms with Crippen molar-refractivity contribution in [3.63, 3.8) is 0 Å². The summed E-state index contributed by atoms with van der Waals surface area (Å²) in [6, 6.07) is 8.92. The van der Waals surface area contributed by atoms with Crippen molar-refractivity contribution < 1.29 is 4.79 Å². The van der Waals surface area contributed by atoms with Crippen LogP contribution >= 0.6 is 11.3 Å². The summed E-state index contributed by atoms with van der Waals surface area (Å²) >= 11 is 1.44. The van der Waals surface area contributed by atoms with Crippen LogP contribution < -0.4 is 10.9 Å². The molecule has 2 aromatic heterocycles. The van der Waals surface area contributed by atoms with E-state index in [1.54, 1.807) is 0 Å². The van der Waals surface area contributed by atoms with E-state index in [2.05, 4.69) is 34.5 Å². The van der Waals surface area contributed by atoms with Crippen LogP contribution in [0.15, 0.2) is 35.1 Å². The minimum Gasteiger partial charge on any atom is -0.296 e. The maximum absolute atomic E-state index is 12.2. The summed E-state index contributed by atoms with van der Waals surface area (Å²) in [4.78, 5) is 28.0. The van der Waals surface area contributed by atoms with E-state index in [0.29, 0.717) is 5.13 Å². The molecule has 0 aliphatic rings. The Kier molecular flexibility index (Phi) is 4.71. The van der Waals surface area contributed by atoms with E-state index in [9.17, 15) is 9.59 Å². The van der Waals surface area contributed by atoms with E-state index < -0.39 is 0 Å². The highest BCUT2D eigenvalue weighted by Gasteiger charge is 2.12. The number of nitrogens with one attached hydrogen (secondary N) is 1. The van der Waals surface area contributed by atoms with Crippen LogP contribution in [0.25, 0.3) is 10.2 Å². The second-order valence-corrected chi connectivity index (χ2v) is 6.59. The molecule has 0 bridgehead atoms. The number of aryl methyl sites for hydroxylation is 2. The summed E-state index contributed by atoms with van der Waals surface area (Å²) in [6.45, 7) is 2.17. The lowest BCUT2D eigenvalue weighted by molar-refractivity contribution is 0.102. The van der Waals surface area contributed by atoms with Gasteiger partial charge in [0.1, 0.15) is 5.69 Å². The molecule has 0 spiro atoms. The maximum Gasteiger partial charge on any atom is 0.277 e. The molecule has 0 fully saturated rings. The molecule has 124 valence electrons. The van der Waals surface area contributed by atoms with Crippen LogP contribution in [-0.4, -0.2) is 20.7 Å². The minimum absolute atomic E-state index is 0.181. The molecule has 0 radical (unpaired) electrons. The second kappa shape index (κ2) is 6.92. The Labute approximate surface area is 143 Å². The van der Waals surface area contributed by atoms with Gasteiger partial charge in [-0.2, -0.15) is 5.10 Å². The number of hydrogen-bond acceptors (Lipinski definition) is 5. The molecule has 0 atom stereocenters. The van der Waals surface area contributed by atoms with Gasteiger partial charge in [0.05, 0.1) is 10.2 Å². The molecule has 1 amide bonds. The zero-order chi connectivity index (χ0) is 17.1. The third-order valence-corrected chi connectivity index (χ3v) is 4.62. The molecule has 0 unspecified atom stereocenters. The van der Waals surface area contributed by atoms with Crippen LogP contribution in [-0.2, 0) is 13.5 Å². The average molecular weight is 342 g/mol. The quantitative estimate of drug-likeness (QED) is 0.773. The summed E-state index contributed by atoms with van der Waals surface area (Å²) in [6.07, 6.45) is 3.37. The standard InChI is InChI=1S/C17H18N4O2S/c1-3-4-5-11-6-7-12-14(10-11)24-17(18-12)19-16(23)13-8-9-15(22)21(2)20-13/h6-10H,3-5H2,1-2H3,(H,18,19,23). The van der Waals surface area contributed by atoms with Gasteiger partial charge in [0.15, 0.2) is 5.13 Å². The molecule has 3 aromatic rings. The van der Waals surface area contributed by atoms with Gasteiger partial charge >= 0.3 is 0 Å². The highest BCUT2D eigenvalue weighted by atomic mass is 32.1. The number of anilines is 1. The van der Waals surface area contributed by atoms with Crippen LogP contribution in [0.5, 0.6) is 0 Å². The number of rotatable bonds is 5. The van der Waals surface area contributed by atoms with Gasteiger partial charge in [0.2, 0.25) is 0 Å². The molecule has 0 aliphatic carbocycles. The fourth-order valence-corrected chi connectivity index (χ4v) is 3.27. The first-order valence-electron chi connectivity index (χ1n) is 7.82. The van der Waals surface area contributed by atoms with Crippen LogP contribution in [0.1, 0.15) is 35.8 Å². The van der Waals surface area contributed by atoms with Crippen molar-refractivity contribution in [1.29, 1.82) is 0 Å².